The summed E-state index contributed by atoms with van der Waals surface area (Å²) in [6, 6.07) is 1.73. The molecule has 14 heavy (non-hydrogen) atoms. The predicted molar refractivity (Wildman–Crippen MR) is 52.0 cm³/mol. The summed E-state index contributed by atoms with van der Waals surface area (Å²) in [7, 11) is 0. The minimum Gasteiger partial charge on any atom is -0.466 e. The highest BCUT2D eigenvalue weighted by Gasteiger charge is 2.03. The predicted octanol–water partition coefficient (Wildman–Crippen LogP) is 1.63. The maximum absolute atomic E-state index is 11.0. The van der Waals surface area contributed by atoms with Gasteiger partial charge in [-0.1, -0.05) is 0 Å². The van der Waals surface area contributed by atoms with Crippen LogP contribution in [0.1, 0.15) is 19.0 Å². The molecule has 0 bridgehead atoms. The minimum atomic E-state index is -0.220. The van der Waals surface area contributed by atoms with Gasteiger partial charge in [-0.2, -0.15) is 0 Å². The van der Waals surface area contributed by atoms with Gasteiger partial charge in [-0.25, -0.2) is 9.97 Å². The second-order valence-corrected chi connectivity index (χ2v) is 2.96. The molecule has 0 radical (unpaired) electrons. The summed E-state index contributed by atoms with van der Waals surface area (Å²) < 4.78 is 4.78. The van der Waals surface area contributed by atoms with E-state index in [1.54, 1.807) is 19.2 Å². The molecule has 0 aromatic carbocycles. The van der Waals surface area contributed by atoms with Gasteiger partial charge in [0.1, 0.15) is 0 Å². The number of hydrogen-bond acceptors (Lipinski definition) is 4. The van der Waals surface area contributed by atoms with E-state index in [4.69, 9.17) is 16.3 Å². The molecule has 76 valence electrons. The molecular formula is C9H11ClN2O2. The Hall–Kier alpha value is -1.16. The quantitative estimate of drug-likeness (QED) is 0.565. The summed E-state index contributed by atoms with van der Waals surface area (Å²) >= 11 is 5.58. The number of carbonyl (C=O) groups is 1. The number of rotatable bonds is 4. The average Bonchev–Trinajstić information content (AvgIpc) is 2.15. The van der Waals surface area contributed by atoms with Gasteiger partial charge in [-0.3, -0.25) is 4.79 Å². The summed E-state index contributed by atoms with van der Waals surface area (Å²) in [4.78, 5) is 18.7. The van der Waals surface area contributed by atoms with Crippen LogP contribution in [0.5, 0.6) is 0 Å². The van der Waals surface area contributed by atoms with Crippen molar-refractivity contribution < 1.29 is 9.53 Å². The van der Waals surface area contributed by atoms with Crippen molar-refractivity contribution in [1.29, 1.82) is 0 Å². The molecule has 1 aromatic heterocycles. The third-order valence-electron chi connectivity index (χ3n) is 1.57. The molecule has 0 aliphatic carbocycles. The molecule has 0 N–H and O–H groups in total. The van der Waals surface area contributed by atoms with Gasteiger partial charge in [-0.15, -0.1) is 0 Å². The summed E-state index contributed by atoms with van der Waals surface area (Å²) in [6.07, 6.45) is 2.41. The summed E-state index contributed by atoms with van der Waals surface area (Å²) in [5.74, 6) is -0.220. The minimum absolute atomic E-state index is 0.200. The van der Waals surface area contributed by atoms with Crippen molar-refractivity contribution in [3.8, 4) is 0 Å². The Morgan fingerprint density at radius 3 is 3.07 bits per heavy atom. The van der Waals surface area contributed by atoms with E-state index in [1.807, 2.05) is 0 Å². The second kappa shape index (κ2) is 5.54. The number of aryl methyl sites for hydroxylation is 1. The molecule has 0 amide bonds. The fraction of sp³-hybridized carbons (Fsp3) is 0.444. The lowest BCUT2D eigenvalue weighted by Crippen LogP contribution is -2.06. The van der Waals surface area contributed by atoms with Crippen LogP contribution >= 0.6 is 11.6 Å². The van der Waals surface area contributed by atoms with Crippen molar-refractivity contribution in [3.05, 3.63) is 23.2 Å². The molecule has 0 aliphatic heterocycles. The molecule has 1 rings (SSSR count). The summed E-state index contributed by atoms with van der Waals surface area (Å²) in [6.45, 7) is 2.18. The molecule has 0 saturated heterocycles. The number of hydrogen-bond donors (Lipinski definition) is 0. The number of ether oxygens (including phenoxy) is 1. The van der Waals surface area contributed by atoms with Crippen LogP contribution < -0.4 is 0 Å². The SMILES string of the molecule is CCOC(=O)CCc1ccnc(Cl)n1. The highest BCUT2D eigenvalue weighted by molar-refractivity contribution is 6.28. The zero-order chi connectivity index (χ0) is 10.4. The number of esters is 1. The van der Waals surface area contributed by atoms with Crippen molar-refractivity contribution in [2.75, 3.05) is 6.61 Å². The van der Waals surface area contributed by atoms with E-state index < -0.39 is 0 Å². The summed E-state index contributed by atoms with van der Waals surface area (Å²) in [5, 5.41) is 0.200. The van der Waals surface area contributed by atoms with E-state index in [1.165, 1.54) is 0 Å². The van der Waals surface area contributed by atoms with Crippen LogP contribution in [-0.2, 0) is 16.0 Å². The molecule has 0 aliphatic rings. The van der Waals surface area contributed by atoms with E-state index in [0.717, 1.165) is 5.69 Å². The molecular weight excluding hydrogens is 204 g/mol. The number of carbonyl (C=O) groups excluding carboxylic acids is 1. The Morgan fingerprint density at radius 1 is 1.64 bits per heavy atom. The Labute approximate surface area is 87.3 Å². The fourth-order valence-electron chi connectivity index (χ4n) is 0.972. The molecule has 0 spiro atoms. The van der Waals surface area contributed by atoms with Crippen molar-refractivity contribution >= 4 is 17.6 Å². The Bertz CT molecular complexity index is 317. The van der Waals surface area contributed by atoms with Crippen molar-refractivity contribution in [1.82, 2.24) is 9.97 Å². The van der Waals surface area contributed by atoms with Crippen LogP contribution in [0.15, 0.2) is 12.3 Å². The van der Waals surface area contributed by atoms with Crippen LogP contribution in [0, 0.1) is 0 Å². The monoisotopic (exact) mass is 214 g/mol. The van der Waals surface area contributed by atoms with Crippen LogP contribution in [0.2, 0.25) is 5.28 Å². The molecule has 4 nitrogen and oxygen atoms in total. The highest BCUT2D eigenvalue weighted by atomic mass is 35.5. The first-order valence-electron chi connectivity index (χ1n) is 4.35. The first-order chi connectivity index (χ1) is 6.72. The Kier molecular flexibility index (Phi) is 4.32. The Morgan fingerprint density at radius 2 is 2.43 bits per heavy atom. The average molecular weight is 215 g/mol. The number of halogens is 1. The Balaban J connectivity index is 2.41. The topological polar surface area (TPSA) is 52.1 Å². The largest absolute Gasteiger partial charge is 0.466 e. The van der Waals surface area contributed by atoms with Gasteiger partial charge >= 0.3 is 5.97 Å². The number of aromatic nitrogens is 2. The molecule has 0 fully saturated rings. The summed E-state index contributed by atoms with van der Waals surface area (Å²) in [5.41, 5.74) is 0.748. The van der Waals surface area contributed by atoms with E-state index in [-0.39, 0.29) is 11.3 Å². The fourth-order valence-corrected chi connectivity index (χ4v) is 1.14. The van der Waals surface area contributed by atoms with E-state index >= 15 is 0 Å². The first-order valence-corrected chi connectivity index (χ1v) is 4.73. The lowest BCUT2D eigenvalue weighted by Gasteiger charge is -2.01. The van der Waals surface area contributed by atoms with E-state index in [2.05, 4.69) is 9.97 Å². The maximum Gasteiger partial charge on any atom is 0.306 e. The van der Waals surface area contributed by atoms with Gasteiger partial charge in [0, 0.05) is 18.3 Å². The lowest BCUT2D eigenvalue weighted by molar-refractivity contribution is -0.143. The molecule has 0 unspecified atom stereocenters. The normalized spacial score (nSPS) is 9.86. The third-order valence-corrected chi connectivity index (χ3v) is 1.76. The van der Waals surface area contributed by atoms with Crippen LogP contribution in [0.4, 0.5) is 0 Å². The van der Waals surface area contributed by atoms with Crippen molar-refractivity contribution in [2.24, 2.45) is 0 Å². The zero-order valence-electron chi connectivity index (χ0n) is 7.86. The number of nitrogens with zero attached hydrogens (tertiary/aromatic N) is 2. The lowest BCUT2D eigenvalue weighted by atomic mass is 10.2. The van der Waals surface area contributed by atoms with Crippen molar-refractivity contribution in [2.45, 2.75) is 19.8 Å². The molecule has 1 heterocycles. The second-order valence-electron chi connectivity index (χ2n) is 2.62. The van der Waals surface area contributed by atoms with Gasteiger partial charge < -0.3 is 4.74 Å². The molecule has 0 saturated carbocycles. The van der Waals surface area contributed by atoms with Gasteiger partial charge in [0.2, 0.25) is 5.28 Å². The first kappa shape index (κ1) is 10.9. The standard InChI is InChI=1S/C9H11ClN2O2/c1-2-14-8(13)4-3-7-5-6-11-9(10)12-7/h5-6H,2-4H2,1H3. The van der Waals surface area contributed by atoms with Crippen LogP contribution in [0.25, 0.3) is 0 Å². The van der Waals surface area contributed by atoms with Crippen molar-refractivity contribution in [3.63, 3.8) is 0 Å². The van der Waals surface area contributed by atoms with Crippen LogP contribution in [0.3, 0.4) is 0 Å². The molecule has 5 heteroatoms. The smallest absolute Gasteiger partial charge is 0.306 e. The van der Waals surface area contributed by atoms with Gasteiger partial charge in [0.05, 0.1) is 13.0 Å². The molecule has 0 atom stereocenters. The maximum atomic E-state index is 11.0. The zero-order valence-corrected chi connectivity index (χ0v) is 8.62. The van der Waals surface area contributed by atoms with Gasteiger partial charge in [0.25, 0.3) is 0 Å². The van der Waals surface area contributed by atoms with Crippen LogP contribution in [-0.4, -0.2) is 22.5 Å². The van der Waals surface area contributed by atoms with Gasteiger partial charge in [0.15, 0.2) is 0 Å². The molecule has 1 aromatic rings. The van der Waals surface area contributed by atoms with E-state index in [9.17, 15) is 4.79 Å². The highest BCUT2D eigenvalue weighted by Crippen LogP contribution is 2.04. The van der Waals surface area contributed by atoms with Gasteiger partial charge in [-0.05, 0) is 24.6 Å². The third kappa shape index (κ3) is 3.70. The van der Waals surface area contributed by atoms with E-state index in [0.29, 0.717) is 19.4 Å².